The van der Waals surface area contributed by atoms with Gasteiger partial charge in [0.25, 0.3) is 0 Å². The minimum atomic E-state index is -5.72. The number of fused-ring (bicyclic) bond motifs is 3. The molecule has 0 unspecified atom stereocenters. The maximum Gasteiger partial charge on any atom is 0.534 e. The van der Waals surface area contributed by atoms with Crippen molar-refractivity contribution >= 4 is 32.1 Å². The molecule has 0 radical (unpaired) electrons. The fraction of sp³-hybridized carbons (Fsp3) is 0.294. The summed E-state index contributed by atoms with van der Waals surface area (Å²) in [5.74, 6) is -0.423. The summed E-state index contributed by atoms with van der Waals surface area (Å²) in [6.45, 7) is 6.09. The lowest BCUT2D eigenvalue weighted by molar-refractivity contribution is -0.0500. The molecule has 1 aromatic heterocycles. The first kappa shape index (κ1) is 17.6. The van der Waals surface area contributed by atoms with Gasteiger partial charge in [-0.1, -0.05) is 26.8 Å². The fourth-order valence-corrected chi connectivity index (χ4v) is 2.90. The SMILES string of the molecule is CC(C)(C)c1ccc2oc3ccc(OS(=O)(=O)C(F)(F)F)cc3c2c1. The highest BCUT2D eigenvalue weighted by molar-refractivity contribution is 7.88. The van der Waals surface area contributed by atoms with Crippen LogP contribution in [0.1, 0.15) is 26.3 Å². The summed E-state index contributed by atoms with van der Waals surface area (Å²) in [6.07, 6.45) is 0. The Hall–Kier alpha value is -2.22. The normalized spacial score (nSPS) is 13.5. The van der Waals surface area contributed by atoms with Crippen LogP contribution in [0.5, 0.6) is 5.75 Å². The van der Waals surface area contributed by atoms with Gasteiger partial charge >= 0.3 is 15.6 Å². The summed E-state index contributed by atoms with van der Waals surface area (Å²) in [6, 6.07) is 9.31. The second kappa shape index (κ2) is 5.39. The molecule has 0 aliphatic rings. The zero-order valence-electron chi connectivity index (χ0n) is 13.6. The van der Waals surface area contributed by atoms with Gasteiger partial charge in [0.15, 0.2) is 0 Å². The molecule has 0 saturated carbocycles. The van der Waals surface area contributed by atoms with Crippen LogP contribution in [0.3, 0.4) is 0 Å². The highest BCUT2D eigenvalue weighted by Gasteiger charge is 2.48. The molecule has 4 nitrogen and oxygen atoms in total. The highest BCUT2D eigenvalue weighted by atomic mass is 32.2. The van der Waals surface area contributed by atoms with Gasteiger partial charge in [0.2, 0.25) is 0 Å². The van der Waals surface area contributed by atoms with Crippen LogP contribution in [0.4, 0.5) is 13.2 Å². The fourth-order valence-electron chi connectivity index (χ4n) is 2.45. The standard InChI is InChI=1S/C17H15F3O4S/c1-16(2,3)10-4-6-14-12(8-10)13-9-11(5-7-15(13)23-14)24-25(21,22)17(18,19)20/h4-9H,1-3H3. The lowest BCUT2D eigenvalue weighted by atomic mass is 9.86. The van der Waals surface area contributed by atoms with E-state index in [1.165, 1.54) is 12.1 Å². The highest BCUT2D eigenvalue weighted by Crippen LogP contribution is 2.35. The number of benzene rings is 2. The van der Waals surface area contributed by atoms with Gasteiger partial charge in [-0.25, -0.2) is 0 Å². The van der Waals surface area contributed by atoms with Crippen LogP contribution in [0.2, 0.25) is 0 Å². The van der Waals surface area contributed by atoms with Crippen LogP contribution in [-0.2, 0) is 15.5 Å². The first-order chi connectivity index (χ1) is 11.4. The molecule has 2 aromatic carbocycles. The number of halogens is 3. The van der Waals surface area contributed by atoms with Crippen molar-refractivity contribution in [1.82, 2.24) is 0 Å². The van der Waals surface area contributed by atoms with Crippen molar-refractivity contribution in [1.29, 1.82) is 0 Å². The Morgan fingerprint density at radius 1 is 0.920 bits per heavy atom. The van der Waals surface area contributed by atoms with Crippen LogP contribution in [0.15, 0.2) is 40.8 Å². The smallest absolute Gasteiger partial charge is 0.456 e. The van der Waals surface area contributed by atoms with Gasteiger partial charge in [-0.3, -0.25) is 0 Å². The quantitative estimate of drug-likeness (QED) is 0.463. The van der Waals surface area contributed by atoms with Gasteiger partial charge in [0, 0.05) is 10.8 Å². The van der Waals surface area contributed by atoms with Gasteiger partial charge < -0.3 is 8.60 Å². The molecule has 0 aliphatic carbocycles. The zero-order chi connectivity index (χ0) is 18.6. The molecule has 0 atom stereocenters. The van der Waals surface area contributed by atoms with E-state index in [1.54, 1.807) is 6.07 Å². The molecule has 0 aliphatic heterocycles. The number of furan rings is 1. The molecule has 0 saturated heterocycles. The van der Waals surface area contributed by atoms with Crippen molar-refractivity contribution in [3.63, 3.8) is 0 Å². The molecule has 134 valence electrons. The summed E-state index contributed by atoms with van der Waals surface area (Å²) < 4.78 is 69.6. The molecule has 0 spiro atoms. The third-order valence-electron chi connectivity index (χ3n) is 3.80. The van der Waals surface area contributed by atoms with Gasteiger partial charge in [-0.15, -0.1) is 0 Å². The van der Waals surface area contributed by atoms with Gasteiger partial charge in [-0.05, 0) is 41.3 Å². The van der Waals surface area contributed by atoms with Crippen molar-refractivity contribution in [2.24, 2.45) is 0 Å². The van der Waals surface area contributed by atoms with Crippen LogP contribution < -0.4 is 4.18 Å². The predicted molar refractivity (Wildman–Crippen MR) is 88.0 cm³/mol. The van der Waals surface area contributed by atoms with E-state index in [2.05, 4.69) is 4.18 Å². The molecule has 1 heterocycles. The van der Waals surface area contributed by atoms with Crippen molar-refractivity contribution in [3.05, 3.63) is 42.0 Å². The van der Waals surface area contributed by atoms with E-state index < -0.39 is 21.4 Å². The Balaban J connectivity index is 2.14. The van der Waals surface area contributed by atoms with Crippen LogP contribution in [-0.4, -0.2) is 13.9 Å². The lowest BCUT2D eigenvalue weighted by Crippen LogP contribution is -2.28. The minimum absolute atomic E-state index is 0.133. The van der Waals surface area contributed by atoms with Crippen LogP contribution >= 0.6 is 0 Å². The molecule has 3 rings (SSSR count). The molecule has 25 heavy (non-hydrogen) atoms. The first-order valence-corrected chi connectivity index (χ1v) is 8.77. The number of alkyl halides is 3. The summed E-state index contributed by atoms with van der Waals surface area (Å²) in [5.41, 5.74) is -3.63. The van der Waals surface area contributed by atoms with Gasteiger partial charge in [-0.2, -0.15) is 21.6 Å². The van der Waals surface area contributed by atoms with E-state index in [0.717, 1.165) is 11.6 Å². The monoisotopic (exact) mass is 372 g/mol. The minimum Gasteiger partial charge on any atom is -0.456 e. The molecular weight excluding hydrogens is 357 g/mol. The lowest BCUT2D eigenvalue weighted by Gasteiger charge is -2.18. The molecule has 3 aromatic rings. The Labute approximate surface area is 142 Å². The van der Waals surface area contributed by atoms with E-state index in [-0.39, 0.29) is 5.41 Å². The number of rotatable bonds is 2. The Bertz CT molecular complexity index is 1060. The third kappa shape index (κ3) is 3.18. The van der Waals surface area contributed by atoms with Crippen molar-refractivity contribution < 1.29 is 30.2 Å². The molecule has 8 heteroatoms. The first-order valence-electron chi connectivity index (χ1n) is 7.36. The average Bonchev–Trinajstić information content (AvgIpc) is 2.82. The summed E-state index contributed by atoms with van der Waals surface area (Å²) in [7, 11) is -5.72. The molecule has 0 bridgehead atoms. The maximum absolute atomic E-state index is 12.5. The predicted octanol–water partition coefficient (Wildman–Crippen LogP) is 5.11. The summed E-state index contributed by atoms with van der Waals surface area (Å²) in [5, 5.41) is 1.16. The van der Waals surface area contributed by atoms with Crippen LogP contribution in [0.25, 0.3) is 21.9 Å². The van der Waals surface area contributed by atoms with E-state index in [4.69, 9.17) is 4.42 Å². The zero-order valence-corrected chi connectivity index (χ0v) is 14.5. The van der Waals surface area contributed by atoms with E-state index in [0.29, 0.717) is 21.9 Å². The maximum atomic E-state index is 12.5. The van der Waals surface area contributed by atoms with E-state index in [1.807, 2.05) is 32.9 Å². The second-order valence-corrected chi connectivity index (χ2v) is 8.24. The van der Waals surface area contributed by atoms with Crippen LogP contribution in [0, 0.1) is 0 Å². The van der Waals surface area contributed by atoms with Crippen molar-refractivity contribution in [2.75, 3.05) is 0 Å². The third-order valence-corrected chi connectivity index (χ3v) is 4.77. The van der Waals surface area contributed by atoms with Crippen molar-refractivity contribution in [3.8, 4) is 5.75 Å². The summed E-state index contributed by atoms with van der Waals surface area (Å²) in [4.78, 5) is 0. The Morgan fingerprint density at radius 3 is 2.04 bits per heavy atom. The Kier molecular flexibility index (Phi) is 3.79. The molecule has 0 N–H and O–H groups in total. The van der Waals surface area contributed by atoms with E-state index >= 15 is 0 Å². The van der Waals surface area contributed by atoms with Gasteiger partial charge in [0.05, 0.1) is 0 Å². The number of hydrogen-bond acceptors (Lipinski definition) is 4. The summed E-state index contributed by atoms with van der Waals surface area (Å²) >= 11 is 0. The average molecular weight is 372 g/mol. The molecular formula is C17H15F3O4S. The Morgan fingerprint density at radius 2 is 1.48 bits per heavy atom. The largest absolute Gasteiger partial charge is 0.534 e. The topological polar surface area (TPSA) is 56.5 Å². The van der Waals surface area contributed by atoms with E-state index in [9.17, 15) is 21.6 Å². The second-order valence-electron chi connectivity index (χ2n) is 6.70. The molecule has 0 fully saturated rings. The number of hydrogen-bond donors (Lipinski definition) is 0. The van der Waals surface area contributed by atoms with Crippen molar-refractivity contribution in [2.45, 2.75) is 31.7 Å². The molecule has 0 amide bonds. The van der Waals surface area contributed by atoms with Gasteiger partial charge in [0.1, 0.15) is 16.9 Å².